The van der Waals surface area contributed by atoms with Gasteiger partial charge < -0.3 is 9.25 Å². The van der Waals surface area contributed by atoms with Crippen LogP contribution in [-0.2, 0) is 4.79 Å². The predicted octanol–water partition coefficient (Wildman–Crippen LogP) is 0.547. The number of aromatic nitrogens is 1. The predicted molar refractivity (Wildman–Crippen MR) is 63.5 cm³/mol. The van der Waals surface area contributed by atoms with Gasteiger partial charge in [-0.15, -0.1) is 0 Å². The summed E-state index contributed by atoms with van der Waals surface area (Å²) < 4.78 is 6.02. The Morgan fingerprint density at radius 1 is 1.28 bits per heavy atom. The lowest BCUT2D eigenvalue weighted by Crippen LogP contribution is -2.25. The van der Waals surface area contributed by atoms with Crippen LogP contribution in [-0.4, -0.2) is 10.7 Å². The van der Waals surface area contributed by atoms with Gasteiger partial charge in [-0.05, 0) is 13.8 Å². The molecule has 0 amide bonds. The fourth-order valence-corrected chi connectivity index (χ4v) is 1.74. The lowest BCUT2D eigenvalue weighted by molar-refractivity contribution is -0.141. The molecule has 0 saturated heterocycles. The SMILES string of the molecule is CC(=O)On1c(C)cc(=O)c2c(=O)oc(C)cc21. The van der Waals surface area contributed by atoms with Gasteiger partial charge in [0, 0.05) is 19.1 Å². The number of pyridine rings is 1. The van der Waals surface area contributed by atoms with Crippen molar-refractivity contribution in [2.75, 3.05) is 0 Å². The molecule has 0 radical (unpaired) electrons. The number of hydrogen-bond acceptors (Lipinski definition) is 5. The third-order valence-corrected chi connectivity index (χ3v) is 2.40. The monoisotopic (exact) mass is 249 g/mol. The second-order valence-corrected chi connectivity index (χ2v) is 3.93. The molecular formula is C12H11NO5. The molecule has 0 fully saturated rings. The zero-order valence-corrected chi connectivity index (χ0v) is 10.1. The summed E-state index contributed by atoms with van der Waals surface area (Å²) in [5.41, 5.74) is -0.549. The van der Waals surface area contributed by atoms with Crippen molar-refractivity contribution >= 4 is 16.9 Å². The Hall–Kier alpha value is -2.37. The first-order chi connectivity index (χ1) is 8.40. The quantitative estimate of drug-likeness (QED) is 0.737. The van der Waals surface area contributed by atoms with Crippen molar-refractivity contribution in [3.8, 4) is 0 Å². The van der Waals surface area contributed by atoms with Crippen molar-refractivity contribution in [3.63, 3.8) is 0 Å². The molecule has 0 aliphatic carbocycles. The molecule has 0 unspecified atom stereocenters. The summed E-state index contributed by atoms with van der Waals surface area (Å²) in [4.78, 5) is 39.4. The van der Waals surface area contributed by atoms with Gasteiger partial charge >= 0.3 is 11.6 Å². The number of rotatable bonds is 1. The lowest BCUT2D eigenvalue weighted by Gasteiger charge is -2.12. The van der Waals surface area contributed by atoms with Crippen LogP contribution < -0.4 is 15.9 Å². The zero-order chi connectivity index (χ0) is 13.4. The highest BCUT2D eigenvalue weighted by molar-refractivity contribution is 5.78. The van der Waals surface area contributed by atoms with E-state index in [9.17, 15) is 14.4 Å². The van der Waals surface area contributed by atoms with Crippen LogP contribution in [0.5, 0.6) is 0 Å². The van der Waals surface area contributed by atoms with Crippen molar-refractivity contribution in [1.82, 2.24) is 4.73 Å². The molecule has 2 aromatic rings. The molecule has 6 heteroatoms. The maximum absolute atomic E-state index is 11.8. The van der Waals surface area contributed by atoms with Gasteiger partial charge in [0.05, 0.1) is 5.69 Å². The molecule has 2 rings (SSSR count). The summed E-state index contributed by atoms with van der Waals surface area (Å²) in [5.74, 6) is -0.215. The molecule has 18 heavy (non-hydrogen) atoms. The molecule has 0 atom stereocenters. The molecule has 0 saturated carbocycles. The summed E-state index contributed by atoms with van der Waals surface area (Å²) in [6.45, 7) is 4.42. The van der Waals surface area contributed by atoms with E-state index in [1.807, 2.05) is 0 Å². The Balaban J connectivity index is 2.97. The Labute approximate surface area is 101 Å². The summed E-state index contributed by atoms with van der Waals surface area (Å²) >= 11 is 0. The van der Waals surface area contributed by atoms with Crippen molar-refractivity contribution in [1.29, 1.82) is 0 Å². The highest BCUT2D eigenvalue weighted by atomic mass is 16.7. The van der Waals surface area contributed by atoms with Crippen LogP contribution in [0.2, 0.25) is 0 Å². The number of fused-ring (bicyclic) bond motifs is 1. The highest BCUT2D eigenvalue weighted by Gasteiger charge is 2.13. The number of carbonyl (C=O) groups excluding carboxylic acids is 1. The van der Waals surface area contributed by atoms with Crippen molar-refractivity contribution < 1.29 is 14.0 Å². The minimum Gasteiger partial charge on any atom is -0.428 e. The van der Waals surface area contributed by atoms with Gasteiger partial charge in [0.2, 0.25) is 0 Å². The first-order valence-corrected chi connectivity index (χ1v) is 5.26. The third kappa shape index (κ3) is 1.92. The topological polar surface area (TPSA) is 78.5 Å². The number of aryl methyl sites for hydroxylation is 2. The van der Waals surface area contributed by atoms with Crippen LogP contribution in [0.4, 0.5) is 0 Å². The van der Waals surface area contributed by atoms with E-state index in [-0.39, 0.29) is 10.9 Å². The molecule has 2 heterocycles. The minimum atomic E-state index is -0.740. The maximum Gasteiger partial charge on any atom is 0.349 e. The summed E-state index contributed by atoms with van der Waals surface area (Å²) in [7, 11) is 0. The Bertz CT molecular complexity index is 740. The average molecular weight is 249 g/mol. The van der Waals surface area contributed by atoms with Gasteiger partial charge in [-0.25, -0.2) is 9.59 Å². The molecule has 94 valence electrons. The first kappa shape index (κ1) is 12.1. The first-order valence-electron chi connectivity index (χ1n) is 5.26. The lowest BCUT2D eigenvalue weighted by atomic mass is 10.2. The summed E-state index contributed by atoms with van der Waals surface area (Å²) in [6, 6.07) is 2.70. The number of carbonyl (C=O) groups is 1. The standard InChI is InChI=1S/C12H11NO5/c1-6-4-10(15)11-9(13(6)18-8(3)14)5-7(2)17-12(11)16/h4-5H,1-3H3. The molecule has 0 bridgehead atoms. The van der Waals surface area contributed by atoms with Crippen molar-refractivity contribution in [2.24, 2.45) is 0 Å². The second-order valence-electron chi connectivity index (χ2n) is 3.93. The highest BCUT2D eigenvalue weighted by Crippen LogP contribution is 2.10. The van der Waals surface area contributed by atoms with E-state index in [2.05, 4.69) is 0 Å². The largest absolute Gasteiger partial charge is 0.428 e. The molecule has 0 aliphatic rings. The van der Waals surface area contributed by atoms with Crippen LogP contribution in [0.25, 0.3) is 10.9 Å². The van der Waals surface area contributed by atoms with Crippen LogP contribution in [0.3, 0.4) is 0 Å². The van der Waals surface area contributed by atoms with E-state index < -0.39 is 17.0 Å². The molecule has 6 nitrogen and oxygen atoms in total. The molecule has 0 N–H and O–H groups in total. The van der Waals surface area contributed by atoms with Crippen LogP contribution in [0.15, 0.2) is 26.1 Å². The van der Waals surface area contributed by atoms with Gasteiger partial charge in [0.15, 0.2) is 5.43 Å². The minimum absolute atomic E-state index is 0.132. The Kier molecular flexibility index (Phi) is 2.78. The van der Waals surface area contributed by atoms with Crippen LogP contribution in [0.1, 0.15) is 18.4 Å². The van der Waals surface area contributed by atoms with E-state index in [1.165, 1.54) is 19.1 Å². The van der Waals surface area contributed by atoms with Crippen molar-refractivity contribution in [3.05, 3.63) is 44.2 Å². The van der Waals surface area contributed by atoms with Gasteiger partial charge in [0.25, 0.3) is 0 Å². The molecule has 0 aliphatic heterocycles. The normalized spacial score (nSPS) is 10.6. The van der Waals surface area contributed by atoms with Gasteiger partial charge in [-0.1, -0.05) is 0 Å². The molecule has 0 aromatic carbocycles. The fraction of sp³-hybridized carbons (Fsp3) is 0.250. The van der Waals surface area contributed by atoms with Gasteiger partial charge in [-0.2, -0.15) is 4.73 Å². The fourth-order valence-electron chi connectivity index (χ4n) is 1.74. The molecule has 0 spiro atoms. The molecule has 2 aromatic heterocycles. The van der Waals surface area contributed by atoms with E-state index >= 15 is 0 Å². The van der Waals surface area contributed by atoms with Crippen molar-refractivity contribution in [2.45, 2.75) is 20.8 Å². The Morgan fingerprint density at radius 2 is 1.94 bits per heavy atom. The van der Waals surface area contributed by atoms with E-state index in [0.29, 0.717) is 11.5 Å². The number of hydrogen-bond donors (Lipinski definition) is 0. The Morgan fingerprint density at radius 3 is 2.56 bits per heavy atom. The third-order valence-electron chi connectivity index (χ3n) is 2.40. The average Bonchev–Trinajstić information content (AvgIpc) is 2.22. The van der Waals surface area contributed by atoms with Crippen LogP contribution in [0, 0.1) is 13.8 Å². The van der Waals surface area contributed by atoms with Gasteiger partial charge in [-0.3, -0.25) is 4.79 Å². The van der Waals surface area contributed by atoms with E-state index in [0.717, 1.165) is 4.73 Å². The van der Waals surface area contributed by atoms with E-state index in [1.54, 1.807) is 13.8 Å². The number of nitrogens with zero attached hydrogens (tertiary/aromatic N) is 1. The summed E-state index contributed by atoms with van der Waals surface area (Å²) in [6.07, 6.45) is 0. The smallest absolute Gasteiger partial charge is 0.349 e. The van der Waals surface area contributed by atoms with E-state index in [4.69, 9.17) is 9.25 Å². The molecular weight excluding hydrogens is 238 g/mol. The van der Waals surface area contributed by atoms with Crippen LogP contribution >= 0.6 is 0 Å². The second kappa shape index (κ2) is 4.14. The zero-order valence-electron chi connectivity index (χ0n) is 10.1. The van der Waals surface area contributed by atoms with Gasteiger partial charge in [0.1, 0.15) is 16.7 Å². The maximum atomic E-state index is 11.8. The summed E-state index contributed by atoms with van der Waals surface area (Å²) in [5, 5.41) is -0.132.